The van der Waals surface area contributed by atoms with Gasteiger partial charge in [-0.15, -0.1) is 5.10 Å². The highest BCUT2D eigenvalue weighted by molar-refractivity contribution is 6.02. The molecule has 188 valence electrons. The number of ether oxygens (including phenoxy) is 1. The van der Waals surface area contributed by atoms with Crippen LogP contribution in [-0.4, -0.2) is 43.4 Å². The van der Waals surface area contributed by atoms with E-state index in [4.69, 9.17) is 15.7 Å². The third kappa shape index (κ3) is 4.73. The Balaban J connectivity index is 1.21. The van der Waals surface area contributed by atoms with E-state index in [0.717, 1.165) is 11.9 Å². The minimum absolute atomic E-state index is 0.0456. The van der Waals surface area contributed by atoms with Crippen LogP contribution < -0.4 is 15.8 Å². The van der Waals surface area contributed by atoms with Crippen LogP contribution in [0, 0.1) is 24.1 Å². The molecule has 1 aliphatic carbocycles. The van der Waals surface area contributed by atoms with Gasteiger partial charge in [0.2, 0.25) is 5.88 Å². The van der Waals surface area contributed by atoms with Crippen molar-refractivity contribution >= 4 is 17.3 Å². The molecule has 1 saturated carbocycles. The number of carbonyl (C=O) groups is 2. The van der Waals surface area contributed by atoms with Gasteiger partial charge in [0.15, 0.2) is 0 Å². The minimum Gasteiger partial charge on any atom is -0.473 e. The van der Waals surface area contributed by atoms with Gasteiger partial charge < -0.3 is 15.8 Å². The monoisotopic (exact) mass is 501 g/mol. The van der Waals surface area contributed by atoms with Crippen LogP contribution in [0.15, 0.2) is 48.8 Å². The molecular weight excluding hydrogens is 477 g/mol. The molecule has 4 aromatic rings. The summed E-state index contributed by atoms with van der Waals surface area (Å²) in [5.41, 5.74) is 8.51. The smallest absolute Gasteiger partial charge is 0.256 e. The number of nitrogens with one attached hydrogen (secondary N) is 1. The molecule has 0 spiro atoms. The standard InChI is InChI=1S/C26H24FN7O3/c1-15-21(13-30-34(15)19-7-2-16(12-28)3-8-19)25(36)31-18-5-9-20(10-6-18)37-26-23(24(29)35)22-11-4-17(27)14-33(22)32-26/h2-4,7-8,11,13-14,18,20H,5-6,9-10H2,1H3,(H2,29,35)(H,31,36)/t18-,20-. The van der Waals surface area contributed by atoms with Crippen LogP contribution in [0.4, 0.5) is 4.39 Å². The van der Waals surface area contributed by atoms with Gasteiger partial charge in [-0.25, -0.2) is 13.6 Å². The van der Waals surface area contributed by atoms with Crippen molar-refractivity contribution in [3.63, 3.8) is 0 Å². The largest absolute Gasteiger partial charge is 0.473 e. The van der Waals surface area contributed by atoms with E-state index in [-0.39, 0.29) is 29.5 Å². The van der Waals surface area contributed by atoms with Gasteiger partial charge in [0.05, 0.1) is 46.5 Å². The van der Waals surface area contributed by atoms with Crippen LogP contribution in [0.3, 0.4) is 0 Å². The molecule has 3 heterocycles. The van der Waals surface area contributed by atoms with Crippen LogP contribution in [0.2, 0.25) is 0 Å². The quantitative estimate of drug-likeness (QED) is 0.416. The molecule has 0 radical (unpaired) electrons. The molecule has 0 saturated heterocycles. The highest BCUT2D eigenvalue weighted by Crippen LogP contribution is 2.28. The average Bonchev–Trinajstić information content (AvgIpc) is 3.44. The van der Waals surface area contributed by atoms with Crippen LogP contribution in [0.25, 0.3) is 11.2 Å². The number of rotatable bonds is 6. The van der Waals surface area contributed by atoms with E-state index >= 15 is 0 Å². The minimum atomic E-state index is -0.700. The van der Waals surface area contributed by atoms with Crippen molar-refractivity contribution in [3.8, 4) is 17.6 Å². The Labute approximate surface area is 211 Å². The lowest BCUT2D eigenvalue weighted by atomic mass is 9.92. The predicted octanol–water partition coefficient (Wildman–Crippen LogP) is 3.06. The summed E-state index contributed by atoms with van der Waals surface area (Å²) in [6.45, 7) is 1.82. The number of hydrogen-bond acceptors (Lipinski definition) is 6. The number of pyridine rings is 1. The van der Waals surface area contributed by atoms with Crippen molar-refractivity contribution in [2.45, 2.75) is 44.8 Å². The summed E-state index contributed by atoms with van der Waals surface area (Å²) in [5, 5.41) is 20.6. The van der Waals surface area contributed by atoms with Crippen molar-refractivity contribution in [2.75, 3.05) is 0 Å². The van der Waals surface area contributed by atoms with Crippen molar-refractivity contribution < 1.29 is 18.7 Å². The van der Waals surface area contributed by atoms with Gasteiger partial charge in [0, 0.05) is 6.04 Å². The Morgan fingerprint density at radius 1 is 1.16 bits per heavy atom. The molecule has 3 aromatic heterocycles. The fraction of sp³-hybridized carbons (Fsp3) is 0.269. The third-order valence-corrected chi connectivity index (χ3v) is 6.59. The number of nitrogens with zero attached hydrogens (tertiary/aromatic N) is 5. The molecule has 2 amide bonds. The molecule has 10 nitrogen and oxygen atoms in total. The first-order valence-electron chi connectivity index (χ1n) is 11.8. The Kier molecular flexibility index (Phi) is 6.31. The molecule has 0 unspecified atom stereocenters. The van der Waals surface area contributed by atoms with Crippen molar-refractivity contribution in [3.05, 3.63) is 77.0 Å². The van der Waals surface area contributed by atoms with Gasteiger partial charge in [0.1, 0.15) is 17.5 Å². The number of fused-ring (bicyclic) bond motifs is 1. The molecule has 0 bridgehead atoms. The van der Waals surface area contributed by atoms with E-state index < -0.39 is 11.7 Å². The number of amides is 2. The first-order valence-corrected chi connectivity index (χ1v) is 11.8. The van der Waals surface area contributed by atoms with Gasteiger partial charge in [-0.05, 0) is 69.0 Å². The van der Waals surface area contributed by atoms with Crippen molar-refractivity contribution in [2.24, 2.45) is 5.73 Å². The van der Waals surface area contributed by atoms with Crippen LogP contribution in [-0.2, 0) is 0 Å². The number of primary amides is 1. The van der Waals surface area contributed by atoms with Crippen LogP contribution in [0.1, 0.15) is 57.7 Å². The van der Waals surface area contributed by atoms with Gasteiger partial charge in [-0.3, -0.25) is 9.59 Å². The predicted molar refractivity (Wildman–Crippen MR) is 131 cm³/mol. The van der Waals surface area contributed by atoms with Gasteiger partial charge >= 0.3 is 0 Å². The summed E-state index contributed by atoms with van der Waals surface area (Å²) < 4.78 is 22.5. The molecular formula is C26H24FN7O3. The van der Waals surface area contributed by atoms with E-state index in [2.05, 4.69) is 21.6 Å². The fourth-order valence-corrected chi connectivity index (χ4v) is 4.63. The number of nitrogens with two attached hydrogens (primary N) is 1. The zero-order chi connectivity index (χ0) is 26.1. The Hall–Kier alpha value is -4.72. The summed E-state index contributed by atoms with van der Waals surface area (Å²) in [7, 11) is 0. The van der Waals surface area contributed by atoms with E-state index in [1.54, 1.807) is 28.9 Å². The molecule has 37 heavy (non-hydrogen) atoms. The number of benzene rings is 1. The topological polar surface area (TPSA) is 140 Å². The second-order valence-corrected chi connectivity index (χ2v) is 9.00. The number of aromatic nitrogens is 4. The molecule has 3 N–H and O–H groups in total. The summed E-state index contributed by atoms with van der Waals surface area (Å²) >= 11 is 0. The van der Waals surface area contributed by atoms with Crippen molar-refractivity contribution in [1.82, 2.24) is 24.7 Å². The molecule has 5 rings (SSSR count). The van der Waals surface area contributed by atoms with Gasteiger partial charge in [0.25, 0.3) is 11.8 Å². The Morgan fingerprint density at radius 2 is 1.89 bits per heavy atom. The van der Waals surface area contributed by atoms with E-state index in [1.807, 2.05) is 6.92 Å². The maximum atomic E-state index is 13.6. The normalized spacial score (nSPS) is 17.3. The van der Waals surface area contributed by atoms with Crippen LogP contribution >= 0.6 is 0 Å². The molecule has 1 fully saturated rings. The highest BCUT2D eigenvalue weighted by atomic mass is 19.1. The van der Waals surface area contributed by atoms with Crippen molar-refractivity contribution in [1.29, 1.82) is 5.26 Å². The van der Waals surface area contributed by atoms with Gasteiger partial charge in [-0.2, -0.15) is 10.4 Å². The van der Waals surface area contributed by atoms with Crippen LogP contribution in [0.5, 0.6) is 5.88 Å². The lowest BCUT2D eigenvalue weighted by Crippen LogP contribution is -2.40. The molecule has 1 aliphatic rings. The second-order valence-electron chi connectivity index (χ2n) is 9.00. The number of halogens is 1. The molecule has 1 aromatic carbocycles. The first kappa shape index (κ1) is 24.0. The molecule has 0 atom stereocenters. The maximum Gasteiger partial charge on any atom is 0.256 e. The van der Waals surface area contributed by atoms with E-state index in [1.165, 1.54) is 22.8 Å². The SMILES string of the molecule is Cc1c(C(=O)N[C@H]2CC[C@H](Oc3nn4cc(F)ccc4c3C(N)=O)CC2)cnn1-c1ccc(C#N)cc1. The van der Waals surface area contributed by atoms with Gasteiger partial charge in [-0.1, -0.05) is 0 Å². The second kappa shape index (κ2) is 9.73. The summed E-state index contributed by atoms with van der Waals surface area (Å²) in [4.78, 5) is 25.0. The van der Waals surface area contributed by atoms with E-state index in [9.17, 15) is 14.0 Å². The summed E-state index contributed by atoms with van der Waals surface area (Å²) in [6, 6.07) is 11.7. The Bertz CT molecular complexity index is 1530. The fourth-order valence-electron chi connectivity index (χ4n) is 4.63. The Morgan fingerprint density at radius 3 is 2.57 bits per heavy atom. The third-order valence-electron chi connectivity index (χ3n) is 6.59. The first-order chi connectivity index (χ1) is 17.8. The average molecular weight is 502 g/mol. The zero-order valence-corrected chi connectivity index (χ0v) is 20.0. The number of nitriles is 1. The maximum absolute atomic E-state index is 13.6. The summed E-state index contributed by atoms with van der Waals surface area (Å²) in [5.74, 6) is -1.32. The molecule has 11 heteroatoms. The zero-order valence-electron chi connectivity index (χ0n) is 20.0. The molecule has 0 aliphatic heterocycles. The lowest BCUT2D eigenvalue weighted by Gasteiger charge is -2.29. The summed E-state index contributed by atoms with van der Waals surface area (Å²) in [6.07, 6.45) is 5.09. The highest BCUT2D eigenvalue weighted by Gasteiger charge is 2.28. The lowest BCUT2D eigenvalue weighted by molar-refractivity contribution is 0.0881. The number of hydrogen-bond donors (Lipinski definition) is 2. The number of carbonyl (C=O) groups excluding carboxylic acids is 2. The van der Waals surface area contributed by atoms with E-state index in [0.29, 0.717) is 48.0 Å².